The Balaban J connectivity index is 1.74. The summed E-state index contributed by atoms with van der Waals surface area (Å²) >= 11 is 5.91. The van der Waals surface area contributed by atoms with Crippen LogP contribution in [-0.2, 0) is 11.2 Å². The van der Waals surface area contributed by atoms with Crippen LogP contribution in [0.5, 0.6) is 0 Å². The maximum absolute atomic E-state index is 11.9. The maximum atomic E-state index is 11.9. The van der Waals surface area contributed by atoms with Crippen molar-refractivity contribution < 1.29 is 4.79 Å². The number of benzene rings is 1. The van der Waals surface area contributed by atoms with E-state index < -0.39 is 0 Å². The third-order valence-electron chi connectivity index (χ3n) is 2.86. The van der Waals surface area contributed by atoms with E-state index in [2.05, 4.69) is 10.3 Å². The van der Waals surface area contributed by atoms with Gasteiger partial charge in [-0.25, -0.2) is 4.98 Å². The van der Waals surface area contributed by atoms with Crippen LogP contribution in [0.4, 0.5) is 5.69 Å². The average molecular weight is 286 g/mol. The monoisotopic (exact) mass is 285 g/mol. The zero-order chi connectivity index (χ0) is 13.9. The topological polar surface area (TPSA) is 46.4 Å². The molecule has 5 heteroatoms. The lowest BCUT2D eigenvalue weighted by molar-refractivity contribution is -0.115. The van der Waals surface area contributed by atoms with E-state index in [1.165, 1.54) is 0 Å². The summed E-state index contributed by atoms with van der Waals surface area (Å²) in [6.45, 7) is 0. The number of carbonyl (C=O) groups excluding carboxylic acids is 1. The number of imidazole rings is 1. The minimum atomic E-state index is -0.0919. The van der Waals surface area contributed by atoms with Gasteiger partial charge in [0, 0.05) is 18.1 Å². The highest BCUT2D eigenvalue weighted by atomic mass is 35.5. The first kappa shape index (κ1) is 12.7. The number of anilines is 1. The summed E-state index contributed by atoms with van der Waals surface area (Å²) in [5.41, 5.74) is 2.27. The van der Waals surface area contributed by atoms with E-state index in [-0.39, 0.29) is 12.3 Å². The van der Waals surface area contributed by atoms with Crippen LogP contribution < -0.4 is 5.32 Å². The molecule has 0 bridgehead atoms. The second-order valence-electron chi connectivity index (χ2n) is 4.44. The molecule has 100 valence electrons. The second-order valence-corrected chi connectivity index (χ2v) is 4.87. The lowest BCUT2D eigenvalue weighted by atomic mass is 10.3. The third kappa shape index (κ3) is 2.81. The second kappa shape index (κ2) is 5.35. The van der Waals surface area contributed by atoms with Crippen molar-refractivity contribution in [1.29, 1.82) is 0 Å². The Bertz CT molecular complexity index is 752. The van der Waals surface area contributed by atoms with Crippen molar-refractivity contribution in [2.75, 3.05) is 5.32 Å². The summed E-state index contributed by atoms with van der Waals surface area (Å²) in [4.78, 5) is 16.3. The Morgan fingerprint density at radius 1 is 1.15 bits per heavy atom. The number of nitrogens with zero attached hydrogens (tertiary/aromatic N) is 2. The van der Waals surface area contributed by atoms with Crippen LogP contribution in [0.3, 0.4) is 0 Å². The molecule has 1 aromatic carbocycles. The van der Waals surface area contributed by atoms with Gasteiger partial charge in [0.1, 0.15) is 5.65 Å². The van der Waals surface area contributed by atoms with Crippen molar-refractivity contribution >= 4 is 28.8 Å². The molecule has 0 saturated carbocycles. The highest BCUT2D eigenvalue weighted by Crippen LogP contribution is 2.12. The van der Waals surface area contributed by atoms with E-state index in [0.717, 1.165) is 11.3 Å². The number of pyridine rings is 1. The number of hydrogen-bond acceptors (Lipinski definition) is 2. The van der Waals surface area contributed by atoms with Gasteiger partial charge in [0.25, 0.3) is 0 Å². The Hall–Kier alpha value is -2.33. The number of aromatic nitrogens is 2. The molecule has 3 aromatic rings. The largest absolute Gasteiger partial charge is 0.326 e. The van der Waals surface area contributed by atoms with Crippen LogP contribution >= 0.6 is 11.6 Å². The first-order valence-electron chi connectivity index (χ1n) is 6.19. The molecule has 2 heterocycles. The zero-order valence-corrected chi connectivity index (χ0v) is 11.3. The van der Waals surface area contributed by atoms with Gasteiger partial charge in [-0.2, -0.15) is 0 Å². The zero-order valence-electron chi connectivity index (χ0n) is 10.6. The van der Waals surface area contributed by atoms with Crippen LogP contribution in [0, 0.1) is 0 Å². The molecule has 0 unspecified atom stereocenters. The SMILES string of the molecule is O=C(Cc1cn2cc(Cl)ccc2n1)Nc1ccccc1. The number of amides is 1. The van der Waals surface area contributed by atoms with Gasteiger partial charge in [-0.1, -0.05) is 29.8 Å². The normalized spacial score (nSPS) is 10.7. The van der Waals surface area contributed by atoms with E-state index in [1.807, 2.05) is 47.0 Å². The van der Waals surface area contributed by atoms with Gasteiger partial charge < -0.3 is 9.72 Å². The van der Waals surface area contributed by atoms with Crippen molar-refractivity contribution in [1.82, 2.24) is 9.38 Å². The molecule has 0 saturated heterocycles. The third-order valence-corrected chi connectivity index (χ3v) is 3.09. The predicted molar refractivity (Wildman–Crippen MR) is 79.0 cm³/mol. The van der Waals surface area contributed by atoms with Gasteiger partial charge in [-0.3, -0.25) is 4.79 Å². The number of hydrogen-bond donors (Lipinski definition) is 1. The van der Waals surface area contributed by atoms with E-state index in [9.17, 15) is 4.79 Å². The van der Waals surface area contributed by atoms with E-state index >= 15 is 0 Å². The highest BCUT2D eigenvalue weighted by molar-refractivity contribution is 6.30. The highest BCUT2D eigenvalue weighted by Gasteiger charge is 2.08. The van der Waals surface area contributed by atoms with Crippen molar-refractivity contribution in [2.45, 2.75) is 6.42 Å². The molecule has 0 spiro atoms. The molecular formula is C15H12ClN3O. The quantitative estimate of drug-likeness (QED) is 0.803. The molecule has 0 atom stereocenters. The van der Waals surface area contributed by atoms with Crippen LogP contribution in [0.2, 0.25) is 5.02 Å². The first-order chi connectivity index (χ1) is 9.70. The molecule has 0 aliphatic heterocycles. The number of fused-ring (bicyclic) bond motifs is 1. The number of nitrogens with one attached hydrogen (secondary N) is 1. The molecule has 0 aliphatic carbocycles. The van der Waals surface area contributed by atoms with Gasteiger partial charge >= 0.3 is 0 Å². The van der Waals surface area contributed by atoms with Gasteiger partial charge in [-0.15, -0.1) is 0 Å². The van der Waals surface area contributed by atoms with E-state index in [4.69, 9.17) is 11.6 Å². The Morgan fingerprint density at radius 2 is 1.95 bits per heavy atom. The smallest absolute Gasteiger partial charge is 0.230 e. The van der Waals surface area contributed by atoms with E-state index in [1.54, 1.807) is 12.3 Å². The van der Waals surface area contributed by atoms with Crippen molar-refractivity contribution in [3.05, 3.63) is 65.6 Å². The van der Waals surface area contributed by atoms with Crippen molar-refractivity contribution in [3.63, 3.8) is 0 Å². The lowest BCUT2D eigenvalue weighted by Crippen LogP contribution is -2.14. The molecule has 0 fully saturated rings. The van der Waals surface area contributed by atoms with E-state index in [0.29, 0.717) is 10.7 Å². The summed E-state index contributed by atoms with van der Waals surface area (Å²) in [5.74, 6) is -0.0919. The molecule has 3 rings (SSSR count). The fourth-order valence-electron chi connectivity index (χ4n) is 1.99. The summed E-state index contributed by atoms with van der Waals surface area (Å²) in [7, 11) is 0. The lowest BCUT2D eigenvalue weighted by Gasteiger charge is -2.02. The van der Waals surface area contributed by atoms with Crippen LogP contribution in [0.25, 0.3) is 5.65 Å². The molecule has 1 N–H and O–H groups in total. The maximum Gasteiger partial charge on any atom is 0.230 e. The minimum Gasteiger partial charge on any atom is -0.326 e. The Morgan fingerprint density at radius 3 is 2.75 bits per heavy atom. The fraction of sp³-hybridized carbons (Fsp3) is 0.0667. The number of carbonyl (C=O) groups is 1. The number of halogens is 1. The summed E-state index contributed by atoms with van der Waals surface area (Å²) in [6, 6.07) is 13.0. The van der Waals surface area contributed by atoms with Gasteiger partial charge in [0.2, 0.25) is 5.91 Å². The molecule has 20 heavy (non-hydrogen) atoms. The summed E-state index contributed by atoms with van der Waals surface area (Å²) < 4.78 is 1.81. The van der Waals surface area contributed by atoms with Crippen molar-refractivity contribution in [2.24, 2.45) is 0 Å². The standard InChI is InChI=1S/C15H12ClN3O/c16-11-6-7-14-17-13(10-19(14)9-11)8-15(20)18-12-4-2-1-3-5-12/h1-7,9-10H,8H2,(H,18,20). The summed E-state index contributed by atoms with van der Waals surface area (Å²) in [5, 5.41) is 3.47. The molecular weight excluding hydrogens is 274 g/mol. The predicted octanol–water partition coefficient (Wildman–Crippen LogP) is 3.17. The average Bonchev–Trinajstić information content (AvgIpc) is 2.80. The molecule has 4 nitrogen and oxygen atoms in total. The molecule has 2 aromatic heterocycles. The molecule has 0 radical (unpaired) electrons. The Kier molecular flexibility index (Phi) is 3.39. The summed E-state index contributed by atoms with van der Waals surface area (Å²) in [6.07, 6.45) is 3.81. The van der Waals surface area contributed by atoms with Gasteiger partial charge in [0.15, 0.2) is 0 Å². The molecule has 0 aliphatic rings. The van der Waals surface area contributed by atoms with Crippen LogP contribution in [0.1, 0.15) is 5.69 Å². The number of rotatable bonds is 3. The van der Waals surface area contributed by atoms with Crippen molar-refractivity contribution in [3.8, 4) is 0 Å². The van der Waals surface area contributed by atoms with Gasteiger partial charge in [0.05, 0.1) is 17.1 Å². The molecule has 1 amide bonds. The first-order valence-corrected chi connectivity index (χ1v) is 6.56. The van der Waals surface area contributed by atoms with Crippen LogP contribution in [-0.4, -0.2) is 15.3 Å². The number of para-hydroxylation sites is 1. The van der Waals surface area contributed by atoms with Crippen LogP contribution in [0.15, 0.2) is 54.9 Å². The van der Waals surface area contributed by atoms with Gasteiger partial charge in [-0.05, 0) is 24.3 Å². The Labute approximate surface area is 121 Å². The fourth-order valence-corrected chi connectivity index (χ4v) is 2.16. The minimum absolute atomic E-state index is 0.0919.